The maximum Gasteiger partial charge on any atom is 0.421 e. The van der Waals surface area contributed by atoms with Gasteiger partial charge in [-0.3, -0.25) is 4.79 Å². The van der Waals surface area contributed by atoms with Gasteiger partial charge in [-0.2, -0.15) is 0 Å². The van der Waals surface area contributed by atoms with Gasteiger partial charge in [0.1, 0.15) is 11.4 Å². The lowest BCUT2D eigenvalue weighted by atomic mass is 9.95. The zero-order valence-corrected chi connectivity index (χ0v) is 13.5. The summed E-state index contributed by atoms with van der Waals surface area (Å²) in [5, 5.41) is 0. The number of imide groups is 1. The highest BCUT2D eigenvalue weighted by Crippen LogP contribution is 2.41. The molecule has 0 aliphatic carbocycles. The first-order valence-electron chi connectivity index (χ1n) is 7.61. The van der Waals surface area contributed by atoms with E-state index in [0.29, 0.717) is 17.7 Å². The van der Waals surface area contributed by atoms with Crippen molar-refractivity contribution in [1.82, 2.24) is 0 Å². The van der Waals surface area contributed by atoms with E-state index in [9.17, 15) is 14.0 Å². The maximum absolute atomic E-state index is 13.5. The molecule has 0 aromatic heterocycles. The first kappa shape index (κ1) is 16.5. The van der Waals surface area contributed by atoms with Crippen molar-refractivity contribution in [3.8, 4) is 0 Å². The summed E-state index contributed by atoms with van der Waals surface area (Å²) < 4.78 is 18.8. The molecule has 0 spiro atoms. The van der Waals surface area contributed by atoms with Crippen LogP contribution in [0.15, 0.2) is 18.2 Å². The number of benzene rings is 1. The largest absolute Gasteiger partial charge is 0.443 e. The van der Waals surface area contributed by atoms with Crippen LogP contribution in [0.5, 0.6) is 0 Å². The van der Waals surface area contributed by atoms with Gasteiger partial charge in [-0.1, -0.05) is 19.8 Å². The van der Waals surface area contributed by atoms with E-state index in [1.54, 1.807) is 20.8 Å². The van der Waals surface area contributed by atoms with E-state index in [2.05, 4.69) is 0 Å². The average Bonchev–Trinajstić information content (AvgIpc) is 2.66. The number of hydrogen-bond donors (Lipinski definition) is 0. The molecule has 1 aliphatic rings. The molecule has 0 N–H and O–H groups in total. The normalized spacial score (nSPS) is 17.6. The number of anilines is 1. The highest BCUT2D eigenvalue weighted by molar-refractivity contribution is 6.19. The first-order valence-corrected chi connectivity index (χ1v) is 7.61. The second-order valence-electron chi connectivity index (χ2n) is 6.55. The molecular weight excluding hydrogens is 285 g/mol. The molecule has 1 aromatic rings. The number of carbonyl (C=O) groups excluding carboxylic acids is 2. The standard InChI is InChI=1S/C17H22FNO3/c1-5-6-7-12-13-10-11(18)8-9-14(13)19(15(12)20)16(21)22-17(2,3)4/h8-10,12H,5-7H2,1-4H3. The number of rotatable bonds is 3. The van der Waals surface area contributed by atoms with Crippen molar-refractivity contribution in [3.05, 3.63) is 29.6 Å². The number of ether oxygens (including phenoxy) is 1. The fourth-order valence-corrected chi connectivity index (χ4v) is 2.60. The Morgan fingerprint density at radius 2 is 2.05 bits per heavy atom. The van der Waals surface area contributed by atoms with Gasteiger partial charge in [0.05, 0.1) is 11.6 Å². The van der Waals surface area contributed by atoms with Crippen molar-refractivity contribution in [2.75, 3.05) is 4.90 Å². The number of unbranched alkanes of at least 4 members (excludes halogenated alkanes) is 1. The van der Waals surface area contributed by atoms with Gasteiger partial charge in [-0.05, 0) is 51.0 Å². The number of carbonyl (C=O) groups is 2. The molecule has 0 bridgehead atoms. The lowest BCUT2D eigenvalue weighted by Crippen LogP contribution is -2.39. The van der Waals surface area contributed by atoms with Gasteiger partial charge in [0.25, 0.3) is 0 Å². The van der Waals surface area contributed by atoms with Crippen LogP contribution in [0.4, 0.5) is 14.9 Å². The highest BCUT2D eigenvalue weighted by Gasteiger charge is 2.42. The molecule has 1 atom stereocenters. The minimum atomic E-state index is -0.704. The second kappa shape index (κ2) is 6.07. The molecule has 5 heteroatoms. The highest BCUT2D eigenvalue weighted by atomic mass is 19.1. The lowest BCUT2D eigenvalue weighted by molar-refractivity contribution is -0.119. The number of halogens is 1. The van der Waals surface area contributed by atoms with Crippen molar-refractivity contribution in [2.45, 2.75) is 58.5 Å². The monoisotopic (exact) mass is 307 g/mol. The van der Waals surface area contributed by atoms with Crippen molar-refractivity contribution in [1.29, 1.82) is 0 Å². The molecule has 4 nitrogen and oxygen atoms in total. The fourth-order valence-electron chi connectivity index (χ4n) is 2.60. The number of fused-ring (bicyclic) bond motifs is 1. The zero-order valence-electron chi connectivity index (χ0n) is 13.5. The lowest BCUT2D eigenvalue weighted by Gasteiger charge is -2.24. The van der Waals surface area contributed by atoms with Crippen LogP contribution >= 0.6 is 0 Å². The molecule has 2 amide bonds. The summed E-state index contributed by atoms with van der Waals surface area (Å²) in [4.78, 5) is 26.0. The third-order valence-corrected chi connectivity index (χ3v) is 3.55. The average molecular weight is 307 g/mol. The molecule has 1 heterocycles. The van der Waals surface area contributed by atoms with E-state index < -0.39 is 23.4 Å². The van der Waals surface area contributed by atoms with E-state index in [1.807, 2.05) is 6.92 Å². The number of nitrogens with zero attached hydrogens (tertiary/aromatic N) is 1. The Kier molecular flexibility index (Phi) is 4.54. The molecule has 22 heavy (non-hydrogen) atoms. The van der Waals surface area contributed by atoms with Gasteiger partial charge in [0, 0.05) is 0 Å². The predicted octanol–water partition coefficient (Wildman–Crippen LogP) is 4.38. The molecule has 120 valence electrons. The second-order valence-corrected chi connectivity index (χ2v) is 6.55. The van der Waals surface area contributed by atoms with E-state index in [0.717, 1.165) is 17.7 Å². The number of hydrogen-bond acceptors (Lipinski definition) is 3. The Labute approximate surface area is 130 Å². The Morgan fingerprint density at radius 3 is 2.64 bits per heavy atom. The summed E-state index contributed by atoms with van der Waals surface area (Å²) in [6, 6.07) is 4.07. The summed E-state index contributed by atoms with van der Waals surface area (Å²) in [7, 11) is 0. The van der Waals surface area contributed by atoms with Gasteiger partial charge < -0.3 is 4.74 Å². The van der Waals surface area contributed by atoms with Gasteiger partial charge in [-0.15, -0.1) is 0 Å². The van der Waals surface area contributed by atoms with Crippen LogP contribution in [0.2, 0.25) is 0 Å². The quantitative estimate of drug-likeness (QED) is 0.832. The summed E-state index contributed by atoms with van der Waals surface area (Å²) in [6.07, 6.45) is 1.67. The van der Waals surface area contributed by atoms with Crippen molar-refractivity contribution in [3.63, 3.8) is 0 Å². The van der Waals surface area contributed by atoms with Crippen LogP contribution in [0.1, 0.15) is 58.4 Å². The van der Waals surface area contributed by atoms with Crippen LogP contribution in [0.3, 0.4) is 0 Å². The van der Waals surface area contributed by atoms with Crippen LogP contribution in [-0.2, 0) is 9.53 Å². The minimum Gasteiger partial charge on any atom is -0.443 e. The summed E-state index contributed by atoms with van der Waals surface area (Å²) in [5.74, 6) is -1.21. The summed E-state index contributed by atoms with van der Waals surface area (Å²) >= 11 is 0. The third-order valence-electron chi connectivity index (χ3n) is 3.55. The Morgan fingerprint density at radius 1 is 1.36 bits per heavy atom. The molecule has 0 saturated heterocycles. The minimum absolute atomic E-state index is 0.330. The van der Waals surface area contributed by atoms with E-state index in [1.165, 1.54) is 18.2 Å². The van der Waals surface area contributed by atoms with E-state index >= 15 is 0 Å². The van der Waals surface area contributed by atoms with Crippen molar-refractivity contribution < 1.29 is 18.7 Å². The molecule has 1 aromatic carbocycles. The van der Waals surface area contributed by atoms with Gasteiger partial charge >= 0.3 is 6.09 Å². The Balaban J connectivity index is 2.37. The van der Waals surface area contributed by atoms with E-state index in [4.69, 9.17) is 4.74 Å². The zero-order chi connectivity index (χ0) is 16.5. The maximum atomic E-state index is 13.5. The van der Waals surface area contributed by atoms with Gasteiger partial charge in [0.2, 0.25) is 5.91 Å². The summed E-state index contributed by atoms with van der Waals surface area (Å²) in [5.41, 5.74) is 0.310. The van der Waals surface area contributed by atoms with Crippen LogP contribution < -0.4 is 4.90 Å². The van der Waals surface area contributed by atoms with Crippen LogP contribution in [0.25, 0.3) is 0 Å². The van der Waals surface area contributed by atoms with Crippen molar-refractivity contribution >= 4 is 17.7 Å². The predicted molar refractivity (Wildman–Crippen MR) is 82.4 cm³/mol. The topological polar surface area (TPSA) is 46.6 Å². The van der Waals surface area contributed by atoms with Gasteiger partial charge in [-0.25, -0.2) is 14.1 Å². The molecule has 0 saturated carbocycles. The third kappa shape index (κ3) is 3.29. The van der Waals surface area contributed by atoms with E-state index in [-0.39, 0.29) is 5.91 Å². The summed E-state index contributed by atoms with van der Waals surface area (Å²) in [6.45, 7) is 7.25. The molecule has 1 unspecified atom stereocenters. The van der Waals surface area contributed by atoms with Gasteiger partial charge in [0.15, 0.2) is 0 Å². The molecule has 2 rings (SSSR count). The molecular formula is C17H22FNO3. The molecule has 1 aliphatic heterocycles. The molecule has 0 radical (unpaired) electrons. The van der Waals surface area contributed by atoms with Crippen LogP contribution in [0, 0.1) is 5.82 Å². The smallest absolute Gasteiger partial charge is 0.421 e. The SMILES string of the molecule is CCCCC1C(=O)N(C(=O)OC(C)(C)C)c2ccc(F)cc21. The Bertz CT molecular complexity index is 592. The van der Waals surface area contributed by atoms with Crippen LogP contribution in [-0.4, -0.2) is 17.6 Å². The first-order chi connectivity index (χ1) is 10.2. The fraction of sp³-hybridized carbons (Fsp3) is 0.529. The Hall–Kier alpha value is -1.91. The number of amides is 2. The van der Waals surface area contributed by atoms with Crippen molar-refractivity contribution in [2.24, 2.45) is 0 Å². The molecule has 0 fully saturated rings.